The van der Waals surface area contributed by atoms with Gasteiger partial charge in [-0.15, -0.1) is 11.3 Å². The molecule has 1 aliphatic heterocycles. The Bertz CT molecular complexity index is 1360. The van der Waals surface area contributed by atoms with Gasteiger partial charge in [0.1, 0.15) is 5.52 Å². The van der Waals surface area contributed by atoms with Gasteiger partial charge in [-0.25, -0.2) is 5.01 Å². The highest BCUT2D eigenvalue weighted by atomic mass is 35.5. The summed E-state index contributed by atoms with van der Waals surface area (Å²) in [5.41, 5.74) is 3.08. The second kappa shape index (κ2) is 8.22. The predicted octanol–water partition coefficient (Wildman–Crippen LogP) is 5.49. The fourth-order valence-corrected chi connectivity index (χ4v) is 4.68. The topological polar surface area (TPSA) is 87.8 Å². The minimum Gasteiger partial charge on any atom is -0.423 e. The second-order valence-corrected chi connectivity index (χ2v) is 8.67. The Hall–Kier alpha value is -3.49. The van der Waals surface area contributed by atoms with Crippen LogP contribution in [0.2, 0.25) is 5.02 Å². The van der Waals surface area contributed by atoms with Gasteiger partial charge in [-0.2, -0.15) is 10.1 Å². The highest BCUT2D eigenvalue weighted by Crippen LogP contribution is 2.35. The molecule has 5 rings (SSSR count). The Morgan fingerprint density at radius 3 is 2.78 bits per heavy atom. The fourth-order valence-electron chi connectivity index (χ4n) is 3.65. The molecule has 0 radical (unpaired) electrons. The highest BCUT2D eigenvalue weighted by Gasteiger charge is 2.32. The van der Waals surface area contributed by atoms with Crippen molar-refractivity contribution in [3.8, 4) is 0 Å². The molecule has 4 aromatic rings. The van der Waals surface area contributed by atoms with Crippen LogP contribution in [0.15, 0.2) is 69.5 Å². The molecule has 32 heavy (non-hydrogen) atoms. The molecule has 9 heteroatoms. The van der Waals surface area contributed by atoms with Crippen LogP contribution in [-0.4, -0.2) is 27.5 Å². The van der Waals surface area contributed by atoms with Crippen LogP contribution in [0.3, 0.4) is 0 Å². The van der Waals surface area contributed by atoms with Crippen molar-refractivity contribution in [3.63, 3.8) is 0 Å². The number of amides is 2. The molecule has 7 nitrogen and oxygen atoms in total. The van der Waals surface area contributed by atoms with Crippen molar-refractivity contribution in [2.24, 2.45) is 5.10 Å². The van der Waals surface area contributed by atoms with Gasteiger partial charge >= 0.3 is 6.01 Å². The van der Waals surface area contributed by atoms with Gasteiger partial charge in [0.25, 0.3) is 5.91 Å². The number of carbonyl (C=O) groups excluding carboxylic acids is 2. The highest BCUT2D eigenvalue weighted by molar-refractivity contribution is 7.10. The number of carbonyl (C=O) groups is 2. The van der Waals surface area contributed by atoms with E-state index in [0.29, 0.717) is 28.1 Å². The molecule has 1 atom stereocenters. The number of nitrogens with one attached hydrogen (secondary N) is 1. The second-order valence-electron chi connectivity index (χ2n) is 7.28. The Labute approximate surface area is 192 Å². The van der Waals surface area contributed by atoms with E-state index in [-0.39, 0.29) is 18.0 Å². The van der Waals surface area contributed by atoms with Crippen LogP contribution in [0.1, 0.15) is 40.2 Å². The van der Waals surface area contributed by atoms with Crippen LogP contribution in [0.25, 0.3) is 11.1 Å². The van der Waals surface area contributed by atoms with E-state index in [0.717, 1.165) is 16.2 Å². The zero-order valence-electron chi connectivity index (χ0n) is 16.9. The maximum atomic E-state index is 12.5. The lowest BCUT2D eigenvalue weighted by Gasteiger charge is -2.18. The molecule has 160 valence electrons. The molecule has 0 spiro atoms. The van der Waals surface area contributed by atoms with Gasteiger partial charge in [0.05, 0.1) is 22.3 Å². The summed E-state index contributed by atoms with van der Waals surface area (Å²) in [5.74, 6) is -0.510. The predicted molar refractivity (Wildman–Crippen MR) is 124 cm³/mol. The lowest BCUT2D eigenvalue weighted by Crippen LogP contribution is -2.23. The van der Waals surface area contributed by atoms with E-state index >= 15 is 0 Å². The lowest BCUT2D eigenvalue weighted by atomic mass is 10.0. The minimum absolute atomic E-state index is 0.0808. The molecule has 1 N–H and O–H groups in total. The van der Waals surface area contributed by atoms with E-state index in [4.69, 9.17) is 16.0 Å². The minimum atomic E-state index is -0.404. The molecule has 1 unspecified atom stereocenters. The molecule has 0 saturated carbocycles. The van der Waals surface area contributed by atoms with E-state index in [1.54, 1.807) is 41.7 Å². The summed E-state index contributed by atoms with van der Waals surface area (Å²) in [4.78, 5) is 30.1. The number of hydrogen-bond acceptors (Lipinski definition) is 6. The van der Waals surface area contributed by atoms with Gasteiger partial charge in [0.15, 0.2) is 5.58 Å². The summed E-state index contributed by atoms with van der Waals surface area (Å²) in [5, 5.41) is 11.1. The first-order valence-electron chi connectivity index (χ1n) is 9.87. The van der Waals surface area contributed by atoms with Gasteiger partial charge < -0.3 is 4.42 Å². The van der Waals surface area contributed by atoms with Crippen LogP contribution < -0.4 is 5.32 Å². The molecular formula is C23H17ClN4O3S. The molecule has 2 amide bonds. The standard InChI is InChI=1S/C23H17ClN4O3S/c1-13(29)28-19(21-7-4-10-32-21)12-17(27-28)14-8-9-20-18(11-14)25-23(31-20)26-22(30)15-5-2-3-6-16(15)24/h2-11,19H,12H2,1H3,(H,25,26,30). The third-order valence-electron chi connectivity index (χ3n) is 5.16. The van der Waals surface area contributed by atoms with Gasteiger partial charge in [0, 0.05) is 23.8 Å². The monoisotopic (exact) mass is 464 g/mol. The number of oxazole rings is 1. The summed E-state index contributed by atoms with van der Waals surface area (Å²) in [6.45, 7) is 1.52. The van der Waals surface area contributed by atoms with Crippen molar-refractivity contribution < 1.29 is 14.0 Å². The number of thiophene rings is 1. The molecular weight excluding hydrogens is 448 g/mol. The number of benzene rings is 2. The average Bonchev–Trinajstić information content (AvgIpc) is 3.51. The summed E-state index contributed by atoms with van der Waals surface area (Å²) < 4.78 is 5.67. The molecule has 1 aliphatic rings. The number of fused-ring (bicyclic) bond motifs is 1. The molecule has 0 bridgehead atoms. The van der Waals surface area contributed by atoms with E-state index < -0.39 is 5.91 Å². The first-order valence-corrected chi connectivity index (χ1v) is 11.1. The van der Waals surface area contributed by atoms with Crippen molar-refractivity contribution in [1.29, 1.82) is 0 Å². The molecule has 2 aromatic carbocycles. The van der Waals surface area contributed by atoms with Crippen molar-refractivity contribution in [1.82, 2.24) is 9.99 Å². The van der Waals surface area contributed by atoms with Gasteiger partial charge in [0.2, 0.25) is 5.91 Å². The average molecular weight is 465 g/mol. The van der Waals surface area contributed by atoms with Crippen LogP contribution >= 0.6 is 22.9 Å². The maximum Gasteiger partial charge on any atom is 0.302 e. The number of rotatable bonds is 4. The SMILES string of the molecule is CC(=O)N1N=C(c2ccc3oc(NC(=O)c4ccccc4Cl)nc3c2)CC1c1cccs1. The molecule has 0 aliphatic carbocycles. The van der Waals surface area contributed by atoms with Crippen LogP contribution in [0.4, 0.5) is 6.01 Å². The largest absolute Gasteiger partial charge is 0.423 e. The normalized spacial score (nSPS) is 15.8. The van der Waals surface area contributed by atoms with Crippen LogP contribution in [0, 0.1) is 0 Å². The Morgan fingerprint density at radius 1 is 1.19 bits per heavy atom. The first kappa shape index (κ1) is 20.4. The van der Waals surface area contributed by atoms with E-state index in [1.807, 2.05) is 29.6 Å². The van der Waals surface area contributed by atoms with Gasteiger partial charge in [-0.05, 0) is 41.8 Å². The molecule has 3 heterocycles. The number of aromatic nitrogens is 1. The van der Waals surface area contributed by atoms with Crippen molar-refractivity contribution in [3.05, 3.63) is 81.0 Å². The smallest absolute Gasteiger partial charge is 0.302 e. The van der Waals surface area contributed by atoms with Crippen molar-refractivity contribution in [2.45, 2.75) is 19.4 Å². The molecule has 2 aromatic heterocycles. The fraction of sp³-hybridized carbons (Fsp3) is 0.130. The van der Waals surface area contributed by atoms with Crippen LogP contribution in [0.5, 0.6) is 0 Å². The molecule has 0 saturated heterocycles. The maximum absolute atomic E-state index is 12.5. The number of hydrogen-bond donors (Lipinski definition) is 1. The lowest BCUT2D eigenvalue weighted by molar-refractivity contribution is -0.130. The third-order valence-corrected chi connectivity index (χ3v) is 6.47. The summed E-state index contributed by atoms with van der Waals surface area (Å²) in [6.07, 6.45) is 0.611. The zero-order valence-corrected chi connectivity index (χ0v) is 18.5. The number of hydrazone groups is 1. The quantitative estimate of drug-likeness (QED) is 0.432. The van der Waals surface area contributed by atoms with E-state index in [9.17, 15) is 9.59 Å². The summed E-state index contributed by atoms with van der Waals surface area (Å²) >= 11 is 7.69. The number of nitrogens with zero attached hydrogens (tertiary/aromatic N) is 3. The molecule has 0 fully saturated rings. The Morgan fingerprint density at radius 2 is 2.03 bits per heavy atom. The van der Waals surface area contributed by atoms with Crippen molar-refractivity contribution >= 4 is 57.6 Å². The van der Waals surface area contributed by atoms with E-state index in [1.165, 1.54) is 11.9 Å². The number of halogens is 1. The number of anilines is 1. The van der Waals surface area contributed by atoms with Gasteiger partial charge in [-0.1, -0.05) is 29.8 Å². The first-order chi connectivity index (χ1) is 15.5. The third kappa shape index (κ3) is 3.79. The van der Waals surface area contributed by atoms with Crippen LogP contribution in [-0.2, 0) is 4.79 Å². The summed E-state index contributed by atoms with van der Waals surface area (Å²) in [7, 11) is 0. The van der Waals surface area contributed by atoms with Gasteiger partial charge in [-0.3, -0.25) is 14.9 Å². The van der Waals surface area contributed by atoms with Crippen molar-refractivity contribution in [2.75, 3.05) is 5.32 Å². The summed E-state index contributed by atoms with van der Waals surface area (Å²) in [6, 6.07) is 16.2. The Balaban J connectivity index is 1.41. The Kier molecular flexibility index (Phi) is 5.24. The zero-order chi connectivity index (χ0) is 22.2. The van der Waals surface area contributed by atoms with E-state index in [2.05, 4.69) is 15.4 Å².